The monoisotopic (exact) mass is 212 g/mol. The van der Waals surface area contributed by atoms with E-state index < -0.39 is 0 Å². The number of rotatable bonds is 7. The molecule has 1 aliphatic heterocycles. The van der Waals surface area contributed by atoms with E-state index in [-0.39, 0.29) is 6.10 Å². The molecule has 88 valence electrons. The fourth-order valence-corrected chi connectivity index (χ4v) is 2.00. The average Bonchev–Trinajstić information content (AvgIpc) is 2.68. The van der Waals surface area contributed by atoms with Crippen LogP contribution in [0.2, 0.25) is 0 Å². The van der Waals surface area contributed by atoms with Crippen molar-refractivity contribution in [2.45, 2.75) is 38.3 Å². The fraction of sp³-hybridized carbons (Fsp3) is 0.833. The van der Waals surface area contributed by atoms with Crippen molar-refractivity contribution in [3.8, 4) is 0 Å². The second-order valence-electron chi connectivity index (χ2n) is 4.50. The van der Waals surface area contributed by atoms with Gasteiger partial charge in [-0.25, -0.2) is 0 Å². The molecule has 0 aromatic heterocycles. The quantitative estimate of drug-likeness (QED) is 0.618. The van der Waals surface area contributed by atoms with E-state index in [0.29, 0.717) is 12.6 Å². The lowest BCUT2D eigenvalue weighted by Crippen LogP contribution is -2.39. The lowest BCUT2D eigenvalue weighted by molar-refractivity contribution is 0.121. The Morgan fingerprint density at radius 2 is 2.13 bits per heavy atom. The van der Waals surface area contributed by atoms with Gasteiger partial charge in [0.2, 0.25) is 0 Å². The van der Waals surface area contributed by atoms with Gasteiger partial charge >= 0.3 is 0 Å². The highest BCUT2D eigenvalue weighted by molar-refractivity contribution is 4.77. The van der Waals surface area contributed by atoms with Gasteiger partial charge in [0.15, 0.2) is 0 Å². The molecule has 0 saturated carbocycles. The summed E-state index contributed by atoms with van der Waals surface area (Å²) in [6, 6.07) is 0.413. The maximum atomic E-state index is 9.80. The summed E-state index contributed by atoms with van der Waals surface area (Å²) in [4.78, 5) is 2.34. The molecule has 3 heteroatoms. The Morgan fingerprint density at radius 1 is 1.47 bits per heavy atom. The van der Waals surface area contributed by atoms with Crippen molar-refractivity contribution in [3.63, 3.8) is 0 Å². The highest BCUT2D eigenvalue weighted by Gasteiger charge is 2.15. The highest BCUT2D eigenvalue weighted by Crippen LogP contribution is 2.07. The molecule has 1 aliphatic rings. The number of nitrogens with zero attached hydrogens (tertiary/aromatic N) is 1. The van der Waals surface area contributed by atoms with Crippen molar-refractivity contribution >= 4 is 0 Å². The van der Waals surface area contributed by atoms with E-state index in [2.05, 4.69) is 23.7 Å². The molecule has 0 aromatic carbocycles. The zero-order valence-corrected chi connectivity index (χ0v) is 9.78. The lowest BCUT2D eigenvalue weighted by Gasteiger charge is -2.21. The number of aliphatic hydroxyl groups excluding tert-OH is 1. The predicted octanol–water partition coefficient (Wildman–Crippen LogP) is 0.997. The summed E-state index contributed by atoms with van der Waals surface area (Å²) < 4.78 is 0. The first-order chi connectivity index (χ1) is 7.22. The summed E-state index contributed by atoms with van der Waals surface area (Å²) >= 11 is 0. The van der Waals surface area contributed by atoms with Crippen molar-refractivity contribution in [2.24, 2.45) is 0 Å². The van der Waals surface area contributed by atoms with E-state index in [9.17, 15) is 5.11 Å². The molecule has 1 fully saturated rings. The minimum atomic E-state index is -0.240. The number of nitrogens with one attached hydrogen (secondary N) is 1. The van der Waals surface area contributed by atoms with E-state index in [1.807, 2.05) is 6.08 Å². The first kappa shape index (κ1) is 12.7. The zero-order chi connectivity index (χ0) is 11.1. The highest BCUT2D eigenvalue weighted by atomic mass is 16.3. The Labute approximate surface area is 93.2 Å². The fourth-order valence-electron chi connectivity index (χ4n) is 2.00. The number of likely N-dealkylation sites (tertiary alicyclic amines) is 1. The van der Waals surface area contributed by atoms with E-state index in [4.69, 9.17) is 0 Å². The molecule has 0 aliphatic carbocycles. The van der Waals surface area contributed by atoms with Gasteiger partial charge in [0, 0.05) is 19.1 Å². The molecule has 3 nitrogen and oxygen atoms in total. The van der Waals surface area contributed by atoms with Gasteiger partial charge < -0.3 is 15.3 Å². The van der Waals surface area contributed by atoms with Crippen LogP contribution in [0.3, 0.4) is 0 Å². The molecule has 15 heavy (non-hydrogen) atoms. The number of β-amino-alcohol motifs (C(OH)–C–C–N with tert-alkyl or cyclic N) is 1. The third-order valence-electron chi connectivity index (χ3n) is 2.89. The van der Waals surface area contributed by atoms with Crippen LogP contribution in [-0.2, 0) is 0 Å². The standard InChI is InChI=1S/C12H24N2O/c1-3-6-11(2)13-9-12(15)10-14-7-4-5-8-14/h3,11-13,15H,1,4-10H2,2H3. The SMILES string of the molecule is C=CCC(C)NCC(O)CN1CCCC1. The van der Waals surface area contributed by atoms with Crippen molar-refractivity contribution in [1.29, 1.82) is 0 Å². The van der Waals surface area contributed by atoms with Crippen LogP contribution in [0.4, 0.5) is 0 Å². The van der Waals surface area contributed by atoms with Crippen LogP contribution >= 0.6 is 0 Å². The Bertz CT molecular complexity index is 178. The van der Waals surface area contributed by atoms with Crippen molar-refractivity contribution in [1.82, 2.24) is 10.2 Å². The minimum absolute atomic E-state index is 0.240. The molecule has 1 heterocycles. The maximum absolute atomic E-state index is 9.80. The van der Waals surface area contributed by atoms with Crippen molar-refractivity contribution < 1.29 is 5.11 Å². The first-order valence-corrected chi connectivity index (χ1v) is 5.97. The molecular formula is C12H24N2O. The largest absolute Gasteiger partial charge is 0.390 e. The van der Waals surface area contributed by atoms with E-state index in [1.54, 1.807) is 0 Å². The van der Waals surface area contributed by atoms with Gasteiger partial charge in [-0.05, 0) is 39.3 Å². The van der Waals surface area contributed by atoms with E-state index >= 15 is 0 Å². The van der Waals surface area contributed by atoms with Gasteiger partial charge in [0.05, 0.1) is 6.10 Å². The normalized spacial score (nSPS) is 21.5. The molecule has 2 atom stereocenters. The molecule has 0 spiro atoms. The molecular weight excluding hydrogens is 188 g/mol. The third kappa shape index (κ3) is 5.30. The van der Waals surface area contributed by atoms with Crippen LogP contribution in [0.15, 0.2) is 12.7 Å². The first-order valence-electron chi connectivity index (χ1n) is 5.97. The molecule has 1 saturated heterocycles. The summed E-state index contributed by atoms with van der Waals surface area (Å²) in [6.45, 7) is 9.62. The predicted molar refractivity (Wildman–Crippen MR) is 64.0 cm³/mol. The third-order valence-corrected chi connectivity index (χ3v) is 2.89. The summed E-state index contributed by atoms with van der Waals surface area (Å²) in [6.07, 6.45) is 5.19. The Hall–Kier alpha value is -0.380. The van der Waals surface area contributed by atoms with Gasteiger partial charge in [-0.2, -0.15) is 0 Å². The van der Waals surface area contributed by atoms with Crippen LogP contribution in [0, 0.1) is 0 Å². The Kier molecular flexibility index (Phi) is 5.91. The van der Waals surface area contributed by atoms with Crippen LogP contribution < -0.4 is 5.32 Å². The Morgan fingerprint density at radius 3 is 2.73 bits per heavy atom. The average molecular weight is 212 g/mol. The summed E-state index contributed by atoms with van der Waals surface area (Å²) in [5.41, 5.74) is 0. The number of hydrogen-bond donors (Lipinski definition) is 2. The van der Waals surface area contributed by atoms with Crippen molar-refractivity contribution in [2.75, 3.05) is 26.2 Å². The van der Waals surface area contributed by atoms with E-state index in [1.165, 1.54) is 12.8 Å². The van der Waals surface area contributed by atoms with Crippen molar-refractivity contribution in [3.05, 3.63) is 12.7 Å². The molecule has 0 bridgehead atoms. The topological polar surface area (TPSA) is 35.5 Å². The van der Waals surface area contributed by atoms with Crippen LogP contribution in [-0.4, -0.2) is 48.3 Å². The lowest BCUT2D eigenvalue weighted by atomic mass is 10.2. The van der Waals surface area contributed by atoms with Gasteiger partial charge in [0.1, 0.15) is 0 Å². The minimum Gasteiger partial charge on any atom is -0.390 e. The van der Waals surface area contributed by atoms with Gasteiger partial charge in [-0.15, -0.1) is 6.58 Å². The molecule has 2 N–H and O–H groups in total. The number of hydrogen-bond acceptors (Lipinski definition) is 3. The smallest absolute Gasteiger partial charge is 0.0791 e. The second kappa shape index (κ2) is 6.99. The van der Waals surface area contributed by atoms with E-state index in [0.717, 1.165) is 26.1 Å². The molecule has 0 radical (unpaired) electrons. The van der Waals surface area contributed by atoms with Gasteiger partial charge in [-0.1, -0.05) is 6.08 Å². The zero-order valence-electron chi connectivity index (χ0n) is 9.78. The maximum Gasteiger partial charge on any atom is 0.0791 e. The molecule has 0 amide bonds. The molecule has 0 aromatic rings. The second-order valence-corrected chi connectivity index (χ2v) is 4.50. The number of aliphatic hydroxyl groups is 1. The summed E-state index contributed by atoms with van der Waals surface area (Å²) in [7, 11) is 0. The molecule has 1 rings (SSSR count). The van der Waals surface area contributed by atoms with Gasteiger partial charge in [0.25, 0.3) is 0 Å². The van der Waals surface area contributed by atoms with Gasteiger partial charge in [-0.3, -0.25) is 0 Å². The summed E-state index contributed by atoms with van der Waals surface area (Å²) in [5.74, 6) is 0. The Balaban J connectivity index is 2.06. The van der Waals surface area contributed by atoms with Crippen LogP contribution in [0.5, 0.6) is 0 Å². The van der Waals surface area contributed by atoms with Crippen LogP contribution in [0.25, 0.3) is 0 Å². The summed E-state index contributed by atoms with van der Waals surface area (Å²) in [5, 5.41) is 13.1. The molecule has 2 unspecified atom stereocenters. The van der Waals surface area contributed by atoms with Crippen LogP contribution in [0.1, 0.15) is 26.2 Å².